The zero-order valence-corrected chi connectivity index (χ0v) is 10.8. The van der Waals surface area contributed by atoms with E-state index in [1.807, 2.05) is 0 Å². The summed E-state index contributed by atoms with van der Waals surface area (Å²) in [5.74, 6) is 0.586. The molecular formula is C15H24N2. The molecule has 17 heavy (non-hydrogen) atoms. The first-order valence-electron chi connectivity index (χ1n) is 6.92. The number of hydrogen-bond acceptors (Lipinski definition) is 2. The van der Waals surface area contributed by atoms with E-state index in [4.69, 9.17) is 5.73 Å². The summed E-state index contributed by atoms with van der Waals surface area (Å²) < 4.78 is 0. The topological polar surface area (TPSA) is 38.0 Å². The summed E-state index contributed by atoms with van der Waals surface area (Å²) in [7, 11) is 0. The van der Waals surface area contributed by atoms with Crippen molar-refractivity contribution in [1.82, 2.24) is 0 Å². The lowest BCUT2D eigenvalue weighted by atomic mass is 10.0. The Balaban J connectivity index is 1.96. The van der Waals surface area contributed by atoms with Crippen LogP contribution in [-0.2, 0) is 6.42 Å². The summed E-state index contributed by atoms with van der Waals surface area (Å²) >= 11 is 0. The van der Waals surface area contributed by atoms with Crippen molar-refractivity contribution in [1.29, 1.82) is 0 Å². The summed E-state index contributed by atoms with van der Waals surface area (Å²) in [6.45, 7) is 4.10. The number of aryl methyl sites for hydroxylation is 1. The van der Waals surface area contributed by atoms with Crippen molar-refractivity contribution in [3.05, 3.63) is 29.3 Å². The molecule has 1 atom stereocenters. The van der Waals surface area contributed by atoms with Gasteiger partial charge in [0.2, 0.25) is 0 Å². The van der Waals surface area contributed by atoms with Gasteiger partial charge in [0, 0.05) is 12.2 Å². The number of anilines is 1. The van der Waals surface area contributed by atoms with Crippen LogP contribution in [-0.4, -0.2) is 13.1 Å². The van der Waals surface area contributed by atoms with E-state index in [9.17, 15) is 0 Å². The van der Waals surface area contributed by atoms with Gasteiger partial charge in [-0.05, 0) is 55.0 Å². The van der Waals surface area contributed by atoms with Crippen LogP contribution in [0, 0.1) is 0 Å². The smallest absolute Gasteiger partial charge is 0.0343 e. The van der Waals surface area contributed by atoms with E-state index in [2.05, 4.69) is 30.4 Å². The van der Waals surface area contributed by atoms with Crippen molar-refractivity contribution < 1.29 is 0 Å². The molecule has 1 aliphatic rings. The van der Waals surface area contributed by atoms with Crippen molar-refractivity contribution in [2.45, 2.75) is 44.9 Å². The fourth-order valence-electron chi connectivity index (χ4n) is 2.65. The zero-order valence-electron chi connectivity index (χ0n) is 10.8. The highest BCUT2D eigenvalue weighted by atomic mass is 14.9. The molecule has 0 saturated heterocycles. The summed E-state index contributed by atoms with van der Waals surface area (Å²) in [5.41, 5.74) is 10.1. The number of nitrogens with two attached hydrogens (primary N) is 1. The Morgan fingerprint density at radius 1 is 1.35 bits per heavy atom. The highest BCUT2D eigenvalue weighted by Gasteiger charge is 2.20. The molecule has 2 rings (SSSR count). The van der Waals surface area contributed by atoms with Crippen LogP contribution in [0.5, 0.6) is 0 Å². The quantitative estimate of drug-likeness (QED) is 0.739. The second-order valence-electron chi connectivity index (χ2n) is 5.02. The molecule has 0 bridgehead atoms. The van der Waals surface area contributed by atoms with Crippen LogP contribution < -0.4 is 11.1 Å². The molecule has 1 aromatic carbocycles. The lowest BCUT2D eigenvalue weighted by molar-refractivity contribution is 0.688. The molecule has 0 amide bonds. The first-order chi connectivity index (χ1) is 8.35. The van der Waals surface area contributed by atoms with Gasteiger partial charge in [0.15, 0.2) is 0 Å². The van der Waals surface area contributed by atoms with Gasteiger partial charge in [-0.25, -0.2) is 0 Å². The molecule has 0 fully saturated rings. The first-order valence-corrected chi connectivity index (χ1v) is 6.92. The SMILES string of the molecule is CCCCCNc1ccc2c(c1)C(CN)CC2. The van der Waals surface area contributed by atoms with Gasteiger partial charge in [-0.1, -0.05) is 25.8 Å². The Hall–Kier alpha value is -1.02. The monoisotopic (exact) mass is 232 g/mol. The molecule has 2 heteroatoms. The number of fused-ring (bicyclic) bond motifs is 1. The summed E-state index contributed by atoms with van der Waals surface area (Å²) in [4.78, 5) is 0. The van der Waals surface area contributed by atoms with Crippen LogP contribution in [0.1, 0.15) is 49.7 Å². The van der Waals surface area contributed by atoms with Crippen LogP contribution in [0.15, 0.2) is 18.2 Å². The molecule has 3 N–H and O–H groups in total. The molecule has 0 spiro atoms. The maximum absolute atomic E-state index is 5.82. The van der Waals surface area contributed by atoms with Crippen molar-refractivity contribution in [2.24, 2.45) is 5.73 Å². The van der Waals surface area contributed by atoms with E-state index in [1.165, 1.54) is 48.9 Å². The molecule has 2 nitrogen and oxygen atoms in total. The second kappa shape index (κ2) is 6.06. The molecule has 0 heterocycles. The molecule has 0 saturated carbocycles. The van der Waals surface area contributed by atoms with Crippen LogP contribution in [0.3, 0.4) is 0 Å². The third kappa shape index (κ3) is 3.01. The lowest BCUT2D eigenvalue weighted by Crippen LogP contribution is -2.09. The predicted molar refractivity (Wildman–Crippen MR) is 74.6 cm³/mol. The van der Waals surface area contributed by atoms with Gasteiger partial charge in [-0.15, -0.1) is 0 Å². The fourth-order valence-corrected chi connectivity index (χ4v) is 2.65. The van der Waals surface area contributed by atoms with Crippen molar-refractivity contribution >= 4 is 5.69 Å². The fraction of sp³-hybridized carbons (Fsp3) is 0.600. The van der Waals surface area contributed by atoms with Gasteiger partial charge in [-0.3, -0.25) is 0 Å². The molecule has 0 aliphatic heterocycles. The Bertz CT molecular complexity index is 360. The largest absolute Gasteiger partial charge is 0.385 e. The van der Waals surface area contributed by atoms with Crippen molar-refractivity contribution in [2.75, 3.05) is 18.4 Å². The highest BCUT2D eigenvalue weighted by Crippen LogP contribution is 2.33. The van der Waals surface area contributed by atoms with Crippen LogP contribution in [0.4, 0.5) is 5.69 Å². The normalized spacial score (nSPS) is 18.1. The Morgan fingerprint density at radius 3 is 3.00 bits per heavy atom. The molecule has 1 aliphatic carbocycles. The summed E-state index contributed by atoms with van der Waals surface area (Å²) in [6, 6.07) is 6.79. The number of hydrogen-bond donors (Lipinski definition) is 2. The van der Waals surface area contributed by atoms with Gasteiger partial charge >= 0.3 is 0 Å². The average molecular weight is 232 g/mol. The molecule has 1 aromatic rings. The van der Waals surface area contributed by atoms with E-state index in [0.717, 1.165) is 13.1 Å². The average Bonchev–Trinajstić information content (AvgIpc) is 2.77. The van der Waals surface area contributed by atoms with E-state index in [1.54, 1.807) is 0 Å². The molecule has 0 radical (unpaired) electrons. The first kappa shape index (κ1) is 12.4. The van der Waals surface area contributed by atoms with Crippen LogP contribution in [0.2, 0.25) is 0 Å². The maximum atomic E-state index is 5.82. The Labute approximate surface area is 105 Å². The number of rotatable bonds is 6. The molecular weight excluding hydrogens is 208 g/mol. The van der Waals surface area contributed by atoms with Gasteiger partial charge in [0.05, 0.1) is 0 Å². The van der Waals surface area contributed by atoms with Gasteiger partial charge in [0.1, 0.15) is 0 Å². The standard InChI is InChI=1S/C15H24N2/c1-2-3-4-9-17-14-8-7-12-5-6-13(11-16)15(12)10-14/h7-8,10,13,17H,2-6,9,11,16H2,1H3. The zero-order chi connectivity index (χ0) is 12.1. The lowest BCUT2D eigenvalue weighted by Gasteiger charge is -2.11. The number of benzene rings is 1. The third-order valence-electron chi connectivity index (χ3n) is 3.74. The van der Waals surface area contributed by atoms with Crippen molar-refractivity contribution in [3.63, 3.8) is 0 Å². The summed E-state index contributed by atoms with van der Waals surface area (Å²) in [5, 5.41) is 3.51. The minimum Gasteiger partial charge on any atom is -0.385 e. The molecule has 94 valence electrons. The van der Waals surface area contributed by atoms with Gasteiger partial charge < -0.3 is 11.1 Å². The van der Waals surface area contributed by atoms with E-state index in [-0.39, 0.29) is 0 Å². The summed E-state index contributed by atoms with van der Waals surface area (Å²) in [6.07, 6.45) is 6.27. The minimum absolute atomic E-state index is 0.586. The van der Waals surface area contributed by atoms with E-state index in [0.29, 0.717) is 5.92 Å². The minimum atomic E-state index is 0.586. The van der Waals surface area contributed by atoms with Crippen LogP contribution >= 0.6 is 0 Å². The predicted octanol–water partition coefficient (Wildman–Crippen LogP) is 3.28. The van der Waals surface area contributed by atoms with Gasteiger partial charge in [-0.2, -0.15) is 0 Å². The number of unbranched alkanes of at least 4 members (excludes halogenated alkanes) is 2. The number of nitrogens with one attached hydrogen (secondary N) is 1. The Kier molecular flexibility index (Phi) is 4.43. The third-order valence-corrected chi connectivity index (χ3v) is 3.74. The molecule has 1 unspecified atom stereocenters. The van der Waals surface area contributed by atoms with Gasteiger partial charge in [0.25, 0.3) is 0 Å². The van der Waals surface area contributed by atoms with E-state index >= 15 is 0 Å². The Morgan fingerprint density at radius 2 is 2.24 bits per heavy atom. The maximum Gasteiger partial charge on any atom is 0.0343 e. The second-order valence-corrected chi connectivity index (χ2v) is 5.02. The highest BCUT2D eigenvalue weighted by molar-refractivity contribution is 5.51. The van der Waals surface area contributed by atoms with Crippen LogP contribution in [0.25, 0.3) is 0 Å². The molecule has 0 aromatic heterocycles. The van der Waals surface area contributed by atoms with E-state index < -0.39 is 0 Å². The van der Waals surface area contributed by atoms with Crippen molar-refractivity contribution in [3.8, 4) is 0 Å².